The predicted molar refractivity (Wildman–Crippen MR) is 62.7 cm³/mol. The van der Waals surface area contributed by atoms with Crippen LogP contribution in [0, 0.1) is 0 Å². The van der Waals surface area contributed by atoms with Gasteiger partial charge >= 0.3 is 0 Å². The van der Waals surface area contributed by atoms with Gasteiger partial charge in [0.2, 0.25) is 5.91 Å². The van der Waals surface area contributed by atoms with Gasteiger partial charge < -0.3 is 4.90 Å². The molecule has 3 heteroatoms. The Hall–Kier alpha value is -0.830. The van der Waals surface area contributed by atoms with Gasteiger partial charge in [0.25, 0.3) is 0 Å². The molecule has 2 atom stereocenters. The van der Waals surface area contributed by atoms with Gasteiger partial charge in [-0.25, -0.2) is 0 Å². The maximum Gasteiger partial charge on any atom is 0.246 e. The van der Waals surface area contributed by atoms with Gasteiger partial charge in [0, 0.05) is 31.2 Å². The fraction of sp³-hybridized carbons (Fsp3) is 0.750. The Labute approximate surface area is 92.7 Å². The van der Waals surface area contributed by atoms with Crippen LogP contribution in [0.25, 0.3) is 0 Å². The van der Waals surface area contributed by atoms with E-state index < -0.39 is 0 Å². The SMILES string of the molecule is C=CC(=O)N1[C@H](C)CN(C(C)C)C[C@@H]1C. The number of carbonyl (C=O) groups excluding carboxylic acids is 1. The van der Waals surface area contributed by atoms with E-state index in [2.05, 4.69) is 39.2 Å². The van der Waals surface area contributed by atoms with Crippen molar-refractivity contribution in [2.75, 3.05) is 13.1 Å². The Kier molecular flexibility index (Phi) is 3.91. The summed E-state index contributed by atoms with van der Waals surface area (Å²) in [6.45, 7) is 14.1. The zero-order valence-electron chi connectivity index (χ0n) is 10.2. The Morgan fingerprint density at radius 2 is 1.80 bits per heavy atom. The summed E-state index contributed by atoms with van der Waals surface area (Å²) in [7, 11) is 0. The third-order valence-electron chi connectivity index (χ3n) is 3.11. The fourth-order valence-corrected chi connectivity index (χ4v) is 2.33. The number of carbonyl (C=O) groups is 1. The van der Waals surface area contributed by atoms with Crippen LogP contribution in [0.4, 0.5) is 0 Å². The average molecular weight is 210 g/mol. The maximum atomic E-state index is 11.7. The molecule has 1 aliphatic heterocycles. The van der Waals surface area contributed by atoms with Gasteiger partial charge in [0.05, 0.1) is 0 Å². The molecule has 1 amide bonds. The first-order valence-electron chi connectivity index (χ1n) is 5.66. The van der Waals surface area contributed by atoms with Crippen LogP contribution in [-0.2, 0) is 4.79 Å². The highest BCUT2D eigenvalue weighted by molar-refractivity contribution is 5.87. The van der Waals surface area contributed by atoms with E-state index in [4.69, 9.17) is 0 Å². The minimum Gasteiger partial charge on any atom is -0.331 e. The molecule has 0 unspecified atom stereocenters. The molecule has 0 aromatic rings. The molecule has 86 valence electrons. The van der Waals surface area contributed by atoms with Crippen molar-refractivity contribution in [3.05, 3.63) is 12.7 Å². The van der Waals surface area contributed by atoms with Crippen LogP contribution in [0.5, 0.6) is 0 Å². The molecular formula is C12H22N2O. The van der Waals surface area contributed by atoms with Crippen molar-refractivity contribution in [1.29, 1.82) is 0 Å². The van der Waals surface area contributed by atoms with E-state index in [0.29, 0.717) is 6.04 Å². The molecule has 0 aromatic heterocycles. The van der Waals surface area contributed by atoms with Crippen molar-refractivity contribution < 1.29 is 4.79 Å². The van der Waals surface area contributed by atoms with Gasteiger partial charge in [-0.05, 0) is 33.8 Å². The number of amides is 1. The lowest BCUT2D eigenvalue weighted by atomic mass is 10.1. The molecule has 15 heavy (non-hydrogen) atoms. The van der Waals surface area contributed by atoms with Crippen molar-refractivity contribution in [2.24, 2.45) is 0 Å². The minimum absolute atomic E-state index is 0.0541. The molecule has 0 aliphatic carbocycles. The van der Waals surface area contributed by atoms with Gasteiger partial charge in [0.15, 0.2) is 0 Å². The molecule has 0 N–H and O–H groups in total. The average Bonchev–Trinajstić information content (AvgIpc) is 2.16. The molecule has 0 radical (unpaired) electrons. The first-order valence-corrected chi connectivity index (χ1v) is 5.66. The topological polar surface area (TPSA) is 23.6 Å². The summed E-state index contributed by atoms with van der Waals surface area (Å²) in [4.78, 5) is 16.0. The van der Waals surface area contributed by atoms with Gasteiger partial charge in [-0.1, -0.05) is 6.58 Å². The normalized spacial score (nSPS) is 28.2. The summed E-state index contributed by atoms with van der Waals surface area (Å²) >= 11 is 0. The summed E-state index contributed by atoms with van der Waals surface area (Å²) in [5.74, 6) is 0.0541. The molecule has 0 saturated carbocycles. The predicted octanol–water partition coefficient (Wildman–Crippen LogP) is 1.50. The van der Waals surface area contributed by atoms with E-state index >= 15 is 0 Å². The maximum absolute atomic E-state index is 11.7. The first kappa shape index (κ1) is 12.2. The molecular weight excluding hydrogens is 188 g/mol. The molecule has 0 aromatic carbocycles. The number of nitrogens with zero attached hydrogens (tertiary/aromatic N) is 2. The van der Waals surface area contributed by atoms with E-state index in [1.807, 2.05) is 4.90 Å². The number of hydrogen-bond donors (Lipinski definition) is 0. The van der Waals surface area contributed by atoms with E-state index in [-0.39, 0.29) is 18.0 Å². The number of rotatable bonds is 2. The van der Waals surface area contributed by atoms with Gasteiger partial charge in [-0.3, -0.25) is 9.69 Å². The second kappa shape index (κ2) is 4.79. The lowest BCUT2D eigenvalue weighted by molar-refractivity contribution is -0.134. The first-order chi connectivity index (χ1) is 6.97. The highest BCUT2D eigenvalue weighted by Crippen LogP contribution is 2.17. The zero-order chi connectivity index (χ0) is 11.6. The molecule has 1 aliphatic rings. The lowest BCUT2D eigenvalue weighted by Crippen LogP contribution is -2.59. The van der Waals surface area contributed by atoms with Crippen LogP contribution in [0.3, 0.4) is 0 Å². The summed E-state index contributed by atoms with van der Waals surface area (Å²) in [5, 5.41) is 0. The van der Waals surface area contributed by atoms with E-state index in [1.165, 1.54) is 6.08 Å². The van der Waals surface area contributed by atoms with E-state index in [1.54, 1.807) is 0 Å². The number of piperazine rings is 1. The van der Waals surface area contributed by atoms with Crippen molar-refractivity contribution in [3.63, 3.8) is 0 Å². The molecule has 1 saturated heterocycles. The Balaban J connectivity index is 2.72. The Morgan fingerprint density at radius 1 is 1.33 bits per heavy atom. The summed E-state index contributed by atoms with van der Waals surface area (Å²) in [5.41, 5.74) is 0. The van der Waals surface area contributed by atoms with Crippen LogP contribution >= 0.6 is 0 Å². The van der Waals surface area contributed by atoms with Crippen molar-refractivity contribution in [3.8, 4) is 0 Å². The third kappa shape index (κ3) is 2.59. The molecule has 1 heterocycles. The van der Waals surface area contributed by atoms with Gasteiger partial charge in [-0.15, -0.1) is 0 Å². The van der Waals surface area contributed by atoms with E-state index in [9.17, 15) is 4.79 Å². The lowest BCUT2D eigenvalue weighted by Gasteiger charge is -2.45. The second-order valence-corrected chi connectivity index (χ2v) is 4.70. The minimum atomic E-state index is 0.0541. The summed E-state index contributed by atoms with van der Waals surface area (Å²) < 4.78 is 0. The monoisotopic (exact) mass is 210 g/mol. The number of hydrogen-bond acceptors (Lipinski definition) is 2. The van der Waals surface area contributed by atoms with Crippen molar-refractivity contribution in [2.45, 2.75) is 45.8 Å². The Bertz CT molecular complexity index is 238. The van der Waals surface area contributed by atoms with Crippen molar-refractivity contribution >= 4 is 5.91 Å². The van der Waals surface area contributed by atoms with E-state index in [0.717, 1.165) is 13.1 Å². The van der Waals surface area contributed by atoms with Crippen LogP contribution in [-0.4, -0.2) is 46.9 Å². The summed E-state index contributed by atoms with van der Waals surface area (Å²) in [6, 6.07) is 1.11. The Morgan fingerprint density at radius 3 is 2.13 bits per heavy atom. The molecule has 3 nitrogen and oxygen atoms in total. The smallest absolute Gasteiger partial charge is 0.246 e. The van der Waals surface area contributed by atoms with Crippen LogP contribution in [0.15, 0.2) is 12.7 Å². The summed E-state index contributed by atoms with van der Waals surface area (Å²) in [6.07, 6.45) is 1.41. The van der Waals surface area contributed by atoms with Gasteiger partial charge in [0.1, 0.15) is 0 Å². The van der Waals surface area contributed by atoms with Crippen LogP contribution in [0.2, 0.25) is 0 Å². The quantitative estimate of drug-likeness (QED) is 0.645. The standard InChI is InChI=1S/C12H22N2O/c1-6-12(15)14-10(4)7-13(9(2)3)8-11(14)5/h6,9-11H,1,7-8H2,2-5H3/t10-,11+. The molecule has 0 bridgehead atoms. The van der Waals surface area contributed by atoms with Crippen LogP contribution in [0.1, 0.15) is 27.7 Å². The highest BCUT2D eigenvalue weighted by Gasteiger charge is 2.32. The van der Waals surface area contributed by atoms with Gasteiger partial charge in [-0.2, -0.15) is 0 Å². The van der Waals surface area contributed by atoms with Crippen molar-refractivity contribution in [1.82, 2.24) is 9.80 Å². The fourth-order valence-electron chi connectivity index (χ4n) is 2.33. The largest absolute Gasteiger partial charge is 0.331 e. The molecule has 0 spiro atoms. The molecule has 1 fully saturated rings. The molecule has 1 rings (SSSR count). The highest BCUT2D eigenvalue weighted by atomic mass is 16.2. The van der Waals surface area contributed by atoms with Crippen LogP contribution < -0.4 is 0 Å². The zero-order valence-corrected chi connectivity index (χ0v) is 10.2. The second-order valence-electron chi connectivity index (χ2n) is 4.70. The third-order valence-corrected chi connectivity index (χ3v) is 3.11.